The van der Waals surface area contributed by atoms with Gasteiger partial charge in [-0.05, 0) is 29.8 Å². The van der Waals surface area contributed by atoms with Gasteiger partial charge in [0.2, 0.25) is 10.0 Å². The van der Waals surface area contributed by atoms with E-state index in [1.54, 1.807) is 30.2 Å². The van der Waals surface area contributed by atoms with E-state index in [0.29, 0.717) is 12.2 Å². The quantitative estimate of drug-likeness (QED) is 0.712. The van der Waals surface area contributed by atoms with Crippen molar-refractivity contribution in [2.24, 2.45) is 0 Å². The Labute approximate surface area is 174 Å². The maximum Gasteiger partial charge on any atom is 0.253 e. The molecule has 1 aliphatic heterocycles. The predicted octanol–water partition coefficient (Wildman–Crippen LogP) is 3.29. The third-order valence-corrected chi connectivity index (χ3v) is 7.38. The molecule has 0 unspecified atom stereocenters. The van der Waals surface area contributed by atoms with Crippen LogP contribution in [0, 0.1) is 0 Å². The first-order valence-corrected chi connectivity index (χ1v) is 10.9. The van der Waals surface area contributed by atoms with Crippen LogP contribution in [0.25, 0.3) is 0 Å². The second-order valence-electron chi connectivity index (χ2n) is 6.38. The Morgan fingerprint density at radius 2 is 1.64 bits per heavy atom. The molecule has 0 bridgehead atoms. The maximum atomic E-state index is 12.9. The van der Waals surface area contributed by atoms with E-state index in [2.05, 4.69) is 0 Å². The standard InChI is InChI=1S/C19H20Cl2N2O4S/c1-27-13-14-4-2-5-15(12-14)19(24)22-8-10-23(11-9-22)28(25,26)18-16(20)6-3-7-17(18)21/h2-7,12H,8-11,13H2,1H3. The number of carbonyl (C=O) groups is 1. The van der Waals surface area contributed by atoms with E-state index in [-0.39, 0.29) is 47.0 Å². The van der Waals surface area contributed by atoms with Gasteiger partial charge in [-0.3, -0.25) is 4.79 Å². The summed E-state index contributed by atoms with van der Waals surface area (Å²) in [5, 5.41) is 0.168. The highest BCUT2D eigenvalue weighted by Crippen LogP contribution is 2.32. The van der Waals surface area contributed by atoms with Crippen LogP contribution in [-0.4, -0.2) is 56.8 Å². The van der Waals surface area contributed by atoms with Crippen LogP contribution in [0.1, 0.15) is 15.9 Å². The van der Waals surface area contributed by atoms with Crippen molar-refractivity contribution < 1.29 is 17.9 Å². The van der Waals surface area contributed by atoms with Crippen molar-refractivity contribution in [3.8, 4) is 0 Å². The molecule has 28 heavy (non-hydrogen) atoms. The van der Waals surface area contributed by atoms with Gasteiger partial charge in [0.25, 0.3) is 5.91 Å². The minimum Gasteiger partial charge on any atom is -0.380 e. The average Bonchev–Trinajstić information content (AvgIpc) is 2.68. The molecule has 0 aromatic heterocycles. The minimum atomic E-state index is -3.84. The smallest absolute Gasteiger partial charge is 0.253 e. The number of halogens is 2. The highest BCUT2D eigenvalue weighted by molar-refractivity contribution is 7.89. The number of amides is 1. The Kier molecular flexibility index (Phi) is 6.62. The Balaban J connectivity index is 1.72. The topological polar surface area (TPSA) is 66.9 Å². The molecule has 1 amide bonds. The number of benzene rings is 2. The summed E-state index contributed by atoms with van der Waals surface area (Å²) in [6.45, 7) is 1.34. The number of hydrogen-bond acceptors (Lipinski definition) is 4. The number of nitrogens with zero attached hydrogens (tertiary/aromatic N) is 2. The number of ether oxygens (including phenoxy) is 1. The van der Waals surface area contributed by atoms with E-state index < -0.39 is 10.0 Å². The molecule has 1 heterocycles. The number of rotatable bonds is 5. The molecule has 0 radical (unpaired) electrons. The van der Waals surface area contributed by atoms with Gasteiger partial charge < -0.3 is 9.64 Å². The van der Waals surface area contributed by atoms with Crippen molar-refractivity contribution in [3.63, 3.8) is 0 Å². The SMILES string of the molecule is COCc1cccc(C(=O)N2CCN(S(=O)(=O)c3c(Cl)cccc3Cl)CC2)c1. The Morgan fingerprint density at radius 3 is 2.25 bits per heavy atom. The predicted molar refractivity (Wildman–Crippen MR) is 108 cm³/mol. The number of piperazine rings is 1. The molecule has 2 aromatic carbocycles. The molecule has 6 nitrogen and oxygen atoms in total. The number of sulfonamides is 1. The second-order valence-corrected chi connectivity index (χ2v) is 9.07. The van der Waals surface area contributed by atoms with Crippen LogP contribution in [0.2, 0.25) is 10.0 Å². The third kappa shape index (κ3) is 4.34. The molecular weight excluding hydrogens is 423 g/mol. The molecule has 0 saturated carbocycles. The van der Waals surface area contributed by atoms with Gasteiger partial charge in [0.15, 0.2) is 0 Å². The fourth-order valence-electron chi connectivity index (χ4n) is 3.13. The maximum absolute atomic E-state index is 12.9. The largest absolute Gasteiger partial charge is 0.380 e. The van der Waals surface area contributed by atoms with Gasteiger partial charge in [0, 0.05) is 38.9 Å². The van der Waals surface area contributed by atoms with Gasteiger partial charge in [-0.25, -0.2) is 8.42 Å². The zero-order chi connectivity index (χ0) is 20.3. The lowest BCUT2D eigenvalue weighted by molar-refractivity contribution is 0.0697. The van der Waals surface area contributed by atoms with Crippen LogP contribution < -0.4 is 0 Å². The van der Waals surface area contributed by atoms with E-state index in [9.17, 15) is 13.2 Å². The Morgan fingerprint density at radius 1 is 1.04 bits per heavy atom. The van der Waals surface area contributed by atoms with Crippen LogP contribution in [0.5, 0.6) is 0 Å². The molecule has 0 N–H and O–H groups in total. The van der Waals surface area contributed by atoms with E-state index >= 15 is 0 Å². The van der Waals surface area contributed by atoms with Gasteiger partial charge in [-0.15, -0.1) is 0 Å². The third-order valence-electron chi connectivity index (χ3n) is 4.53. The number of carbonyl (C=O) groups excluding carboxylic acids is 1. The molecule has 1 aliphatic rings. The fraction of sp³-hybridized carbons (Fsp3) is 0.316. The van der Waals surface area contributed by atoms with Crippen molar-refractivity contribution in [1.29, 1.82) is 0 Å². The van der Waals surface area contributed by atoms with Crippen LogP contribution in [0.4, 0.5) is 0 Å². The molecule has 9 heteroatoms. The van der Waals surface area contributed by atoms with E-state index in [0.717, 1.165) is 5.56 Å². The van der Waals surface area contributed by atoms with E-state index in [1.165, 1.54) is 16.4 Å². The number of methoxy groups -OCH3 is 1. The van der Waals surface area contributed by atoms with Gasteiger partial charge in [-0.1, -0.05) is 41.4 Å². The minimum absolute atomic E-state index is 0.0842. The Hall–Kier alpha value is -1.64. The first kappa shape index (κ1) is 21.1. The molecule has 0 atom stereocenters. The average molecular weight is 443 g/mol. The first-order chi connectivity index (χ1) is 13.3. The zero-order valence-electron chi connectivity index (χ0n) is 15.3. The summed E-state index contributed by atoms with van der Waals surface area (Å²) in [7, 11) is -2.24. The summed E-state index contributed by atoms with van der Waals surface area (Å²) in [5.74, 6) is -0.134. The molecule has 2 aromatic rings. The van der Waals surface area contributed by atoms with E-state index in [1.807, 2.05) is 12.1 Å². The van der Waals surface area contributed by atoms with Gasteiger partial charge >= 0.3 is 0 Å². The van der Waals surface area contributed by atoms with Crippen LogP contribution in [0.3, 0.4) is 0 Å². The summed E-state index contributed by atoms with van der Waals surface area (Å²) in [4.78, 5) is 14.3. The molecule has 0 spiro atoms. The van der Waals surface area contributed by atoms with Crippen molar-refractivity contribution in [2.75, 3.05) is 33.3 Å². The lowest BCUT2D eigenvalue weighted by atomic mass is 10.1. The molecule has 1 fully saturated rings. The van der Waals surface area contributed by atoms with Crippen LogP contribution in [0.15, 0.2) is 47.4 Å². The monoisotopic (exact) mass is 442 g/mol. The Bertz CT molecular complexity index is 953. The second kappa shape index (κ2) is 8.80. The van der Waals surface area contributed by atoms with Crippen molar-refractivity contribution in [1.82, 2.24) is 9.21 Å². The summed E-state index contributed by atoms with van der Waals surface area (Å²) in [6.07, 6.45) is 0. The molecule has 3 rings (SSSR count). The lowest BCUT2D eigenvalue weighted by Gasteiger charge is -2.34. The molecule has 0 aliphatic carbocycles. The van der Waals surface area contributed by atoms with Gasteiger partial charge in [0.05, 0.1) is 16.7 Å². The molecule has 150 valence electrons. The highest BCUT2D eigenvalue weighted by Gasteiger charge is 2.33. The van der Waals surface area contributed by atoms with Crippen LogP contribution >= 0.6 is 23.2 Å². The van der Waals surface area contributed by atoms with Gasteiger partial charge in [0.1, 0.15) is 4.90 Å². The highest BCUT2D eigenvalue weighted by atomic mass is 35.5. The summed E-state index contributed by atoms with van der Waals surface area (Å²) >= 11 is 12.1. The molecular formula is C19H20Cl2N2O4S. The lowest BCUT2D eigenvalue weighted by Crippen LogP contribution is -2.50. The first-order valence-electron chi connectivity index (χ1n) is 8.66. The molecule has 1 saturated heterocycles. The normalized spacial score (nSPS) is 15.6. The van der Waals surface area contributed by atoms with Gasteiger partial charge in [-0.2, -0.15) is 4.31 Å². The summed E-state index contributed by atoms with van der Waals surface area (Å²) < 4.78 is 32.3. The zero-order valence-corrected chi connectivity index (χ0v) is 17.6. The van der Waals surface area contributed by atoms with E-state index in [4.69, 9.17) is 27.9 Å². The summed E-state index contributed by atoms with van der Waals surface area (Å²) in [5.41, 5.74) is 1.46. The van der Waals surface area contributed by atoms with Crippen molar-refractivity contribution >= 4 is 39.1 Å². The van der Waals surface area contributed by atoms with Crippen molar-refractivity contribution in [2.45, 2.75) is 11.5 Å². The number of hydrogen-bond donors (Lipinski definition) is 0. The fourth-order valence-corrected chi connectivity index (χ4v) is 5.65. The summed E-state index contributed by atoms with van der Waals surface area (Å²) in [6, 6.07) is 11.8. The van der Waals surface area contributed by atoms with Crippen molar-refractivity contribution in [3.05, 3.63) is 63.6 Å². The van der Waals surface area contributed by atoms with Crippen LogP contribution in [-0.2, 0) is 21.4 Å².